The van der Waals surface area contributed by atoms with E-state index in [1.165, 1.54) is 4.90 Å². The molecule has 6 nitrogen and oxygen atoms in total. The Bertz CT molecular complexity index is 329. The summed E-state index contributed by atoms with van der Waals surface area (Å²) in [5, 5.41) is 11.4. The molecule has 0 aromatic carbocycles. The Morgan fingerprint density at radius 1 is 1.59 bits per heavy atom. The van der Waals surface area contributed by atoms with E-state index in [4.69, 9.17) is 5.11 Å². The van der Waals surface area contributed by atoms with Gasteiger partial charge in [-0.05, 0) is 13.3 Å². The Labute approximate surface area is 100.0 Å². The third-order valence-electron chi connectivity index (χ3n) is 2.90. The van der Waals surface area contributed by atoms with Crippen LogP contribution in [0.4, 0.5) is 0 Å². The maximum atomic E-state index is 12.0. The molecule has 1 aliphatic heterocycles. The Hall–Kier alpha value is -1.59. The molecule has 0 bridgehead atoms. The average molecular weight is 242 g/mol. The molecular weight excluding hydrogens is 224 g/mol. The van der Waals surface area contributed by atoms with E-state index in [1.807, 2.05) is 0 Å². The van der Waals surface area contributed by atoms with Gasteiger partial charge in [-0.3, -0.25) is 14.4 Å². The second-order valence-electron chi connectivity index (χ2n) is 4.27. The molecule has 0 aromatic rings. The van der Waals surface area contributed by atoms with E-state index in [2.05, 4.69) is 5.32 Å². The highest BCUT2D eigenvalue weighted by molar-refractivity contribution is 5.91. The van der Waals surface area contributed by atoms with Gasteiger partial charge in [-0.15, -0.1) is 0 Å². The van der Waals surface area contributed by atoms with Gasteiger partial charge in [-0.2, -0.15) is 0 Å². The summed E-state index contributed by atoms with van der Waals surface area (Å²) in [6, 6.07) is -0.483. The number of rotatable bonds is 5. The van der Waals surface area contributed by atoms with E-state index in [-0.39, 0.29) is 18.4 Å². The first kappa shape index (κ1) is 13.5. The molecule has 1 aliphatic rings. The van der Waals surface area contributed by atoms with Crippen LogP contribution in [0.3, 0.4) is 0 Å². The van der Waals surface area contributed by atoms with Crippen LogP contribution in [0.1, 0.15) is 26.7 Å². The maximum Gasteiger partial charge on any atom is 0.308 e. The molecule has 2 unspecified atom stereocenters. The summed E-state index contributed by atoms with van der Waals surface area (Å²) in [4.78, 5) is 35.2. The standard InChI is InChI=1S/C11H18N2O4/c1-3-13(6-7(2)11(16)17)10(15)8-4-5-9(14)12-8/h7-8H,3-6H2,1-2H3,(H,12,14)(H,16,17). The van der Waals surface area contributed by atoms with E-state index in [0.29, 0.717) is 19.4 Å². The molecule has 0 saturated carbocycles. The lowest BCUT2D eigenvalue weighted by Crippen LogP contribution is -2.46. The van der Waals surface area contributed by atoms with Crippen molar-refractivity contribution in [3.05, 3.63) is 0 Å². The third-order valence-corrected chi connectivity index (χ3v) is 2.90. The molecule has 1 heterocycles. The van der Waals surface area contributed by atoms with Crippen LogP contribution in [-0.4, -0.2) is 46.9 Å². The Balaban J connectivity index is 2.58. The van der Waals surface area contributed by atoms with Crippen molar-refractivity contribution in [2.75, 3.05) is 13.1 Å². The quantitative estimate of drug-likeness (QED) is 0.701. The van der Waals surface area contributed by atoms with Gasteiger partial charge in [0.25, 0.3) is 0 Å². The first-order valence-corrected chi connectivity index (χ1v) is 5.76. The summed E-state index contributed by atoms with van der Waals surface area (Å²) in [6.45, 7) is 3.98. The lowest BCUT2D eigenvalue weighted by Gasteiger charge is -2.25. The number of carboxylic acids is 1. The van der Waals surface area contributed by atoms with Crippen molar-refractivity contribution in [2.45, 2.75) is 32.7 Å². The fraction of sp³-hybridized carbons (Fsp3) is 0.727. The Morgan fingerprint density at radius 2 is 2.24 bits per heavy atom. The van der Waals surface area contributed by atoms with Crippen molar-refractivity contribution < 1.29 is 19.5 Å². The van der Waals surface area contributed by atoms with E-state index in [1.54, 1.807) is 13.8 Å². The maximum absolute atomic E-state index is 12.0. The van der Waals surface area contributed by atoms with Crippen LogP contribution in [-0.2, 0) is 14.4 Å². The smallest absolute Gasteiger partial charge is 0.308 e. The summed E-state index contributed by atoms with van der Waals surface area (Å²) in [5.41, 5.74) is 0. The highest BCUT2D eigenvalue weighted by Gasteiger charge is 2.31. The summed E-state index contributed by atoms with van der Waals surface area (Å²) >= 11 is 0. The number of carbonyl (C=O) groups excluding carboxylic acids is 2. The van der Waals surface area contributed by atoms with Gasteiger partial charge in [0.15, 0.2) is 0 Å². The van der Waals surface area contributed by atoms with E-state index >= 15 is 0 Å². The summed E-state index contributed by atoms with van der Waals surface area (Å²) < 4.78 is 0. The second-order valence-corrected chi connectivity index (χ2v) is 4.27. The first-order chi connectivity index (χ1) is 7.95. The van der Waals surface area contributed by atoms with Crippen molar-refractivity contribution in [2.24, 2.45) is 5.92 Å². The fourth-order valence-corrected chi connectivity index (χ4v) is 1.80. The highest BCUT2D eigenvalue weighted by Crippen LogP contribution is 2.11. The van der Waals surface area contributed by atoms with E-state index in [0.717, 1.165) is 0 Å². The number of carbonyl (C=O) groups is 3. The minimum absolute atomic E-state index is 0.120. The van der Waals surface area contributed by atoms with Crippen LogP contribution in [0.25, 0.3) is 0 Å². The zero-order valence-electron chi connectivity index (χ0n) is 10.1. The zero-order chi connectivity index (χ0) is 13.0. The summed E-state index contributed by atoms with van der Waals surface area (Å²) in [6.07, 6.45) is 0.859. The number of amides is 2. The molecule has 2 atom stereocenters. The van der Waals surface area contributed by atoms with Gasteiger partial charge in [0.2, 0.25) is 11.8 Å². The third kappa shape index (κ3) is 3.44. The highest BCUT2D eigenvalue weighted by atomic mass is 16.4. The van der Waals surface area contributed by atoms with Gasteiger partial charge in [0.1, 0.15) is 6.04 Å². The summed E-state index contributed by atoms with van der Waals surface area (Å²) in [7, 11) is 0. The molecule has 96 valence electrons. The number of hydrogen-bond acceptors (Lipinski definition) is 3. The number of carboxylic acid groups (broad SMARTS) is 1. The molecule has 0 radical (unpaired) electrons. The molecular formula is C11H18N2O4. The second kappa shape index (κ2) is 5.65. The molecule has 0 spiro atoms. The van der Waals surface area contributed by atoms with Gasteiger partial charge < -0.3 is 15.3 Å². The molecule has 6 heteroatoms. The lowest BCUT2D eigenvalue weighted by atomic mass is 10.1. The molecule has 0 aliphatic carbocycles. The fourth-order valence-electron chi connectivity index (χ4n) is 1.80. The average Bonchev–Trinajstić information content (AvgIpc) is 2.71. The molecule has 2 N–H and O–H groups in total. The van der Waals surface area contributed by atoms with Gasteiger partial charge >= 0.3 is 5.97 Å². The first-order valence-electron chi connectivity index (χ1n) is 5.76. The largest absolute Gasteiger partial charge is 0.481 e. The molecule has 0 aromatic heterocycles. The Morgan fingerprint density at radius 3 is 2.65 bits per heavy atom. The van der Waals surface area contributed by atoms with Crippen molar-refractivity contribution in [3.63, 3.8) is 0 Å². The van der Waals surface area contributed by atoms with Crippen LogP contribution < -0.4 is 5.32 Å². The minimum Gasteiger partial charge on any atom is -0.481 e. The minimum atomic E-state index is -0.924. The predicted octanol–water partition coefficient (Wildman–Crippen LogP) is -0.166. The van der Waals surface area contributed by atoms with Crippen molar-refractivity contribution in [3.8, 4) is 0 Å². The van der Waals surface area contributed by atoms with Gasteiger partial charge in [-0.25, -0.2) is 0 Å². The van der Waals surface area contributed by atoms with E-state index in [9.17, 15) is 14.4 Å². The lowest BCUT2D eigenvalue weighted by molar-refractivity contribution is -0.143. The van der Waals surface area contributed by atoms with E-state index < -0.39 is 17.9 Å². The number of likely N-dealkylation sites (N-methyl/N-ethyl adjacent to an activating group) is 1. The van der Waals surface area contributed by atoms with Crippen molar-refractivity contribution >= 4 is 17.8 Å². The van der Waals surface area contributed by atoms with Crippen molar-refractivity contribution in [1.29, 1.82) is 0 Å². The molecule has 17 heavy (non-hydrogen) atoms. The van der Waals surface area contributed by atoms with Gasteiger partial charge in [0.05, 0.1) is 5.92 Å². The number of nitrogens with zero attached hydrogens (tertiary/aromatic N) is 1. The zero-order valence-corrected chi connectivity index (χ0v) is 10.1. The normalized spacial score (nSPS) is 20.8. The molecule has 2 amide bonds. The number of nitrogens with one attached hydrogen (secondary N) is 1. The van der Waals surface area contributed by atoms with Crippen LogP contribution in [0.2, 0.25) is 0 Å². The van der Waals surface area contributed by atoms with Crippen LogP contribution in [0.5, 0.6) is 0 Å². The predicted molar refractivity (Wildman–Crippen MR) is 60.2 cm³/mol. The number of hydrogen-bond donors (Lipinski definition) is 2. The number of aliphatic carboxylic acids is 1. The Kier molecular flexibility index (Phi) is 4.48. The van der Waals surface area contributed by atoms with Crippen LogP contribution in [0, 0.1) is 5.92 Å². The SMILES string of the molecule is CCN(CC(C)C(=O)O)C(=O)C1CCC(=O)N1. The summed E-state index contributed by atoms with van der Waals surface area (Å²) in [5.74, 6) is -1.83. The molecule has 1 rings (SSSR count). The van der Waals surface area contributed by atoms with Gasteiger partial charge in [0, 0.05) is 19.5 Å². The van der Waals surface area contributed by atoms with Gasteiger partial charge in [-0.1, -0.05) is 6.92 Å². The molecule has 1 fully saturated rings. The monoisotopic (exact) mass is 242 g/mol. The molecule has 1 saturated heterocycles. The topological polar surface area (TPSA) is 86.7 Å². The van der Waals surface area contributed by atoms with Crippen molar-refractivity contribution in [1.82, 2.24) is 10.2 Å². The van der Waals surface area contributed by atoms with Crippen LogP contribution >= 0.6 is 0 Å². The van der Waals surface area contributed by atoms with Crippen LogP contribution in [0.15, 0.2) is 0 Å².